The van der Waals surface area contributed by atoms with Gasteiger partial charge in [-0.15, -0.1) is 0 Å². The molecule has 0 saturated heterocycles. The summed E-state index contributed by atoms with van der Waals surface area (Å²) < 4.78 is 0. The van der Waals surface area contributed by atoms with Crippen LogP contribution in [0.25, 0.3) is 5.57 Å². The molecule has 2 aromatic carbocycles. The molecule has 26 heavy (non-hydrogen) atoms. The van der Waals surface area contributed by atoms with Gasteiger partial charge in [0.15, 0.2) is 5.72 Å². The van der Waals surface area contributed by atoms with Crippen molar-refractivity contribution in [2.24, 2.45) is 4.99 Å². The maximum atomic E-state index is 11.5. The topological polar surface area (TPSA) is 32.6 Å². The molecule has 2 aromatic rings. The van der Waals surface area contributed by atoms with Crippen LogP contribution in [0.2, 0.25) is 10.0 Å². The minimum atomic E-state index is -1.25. The highest BCUT2D eigenvalue weighted by molar-refractivity contribution is 6.30. The average Bonchev–Trinajstić information content (AvgIpc) is 2.87. The fourth-order valence-corrected chi connectivity index (χ4v) is 4.19. The van der Waals surface area contributed by atoms with Gasteiger partial charge in [-0.3, -0.25) is 4.99 Å². The van der Waals surface area contributed by atoms with Gasteiger partial charge in [-0.2, -0.15) is 0 Å². The van der Waals surface area contributed by atoms with Gasteiger partial charge >= 0.3 is 0 Å². The summed E-state index contributed by atoms with van der Waals surface area (Å²) in [6, 6.07) is 15.3. The number of fused-ring (bicyclic) bond motifs is 1. The Morgan fingerprint density at radius 3 is 2.08 bits per heavy atom. The van der Waals surface area contributed by atoms with E-state index in [-0.39, 0.29) is 0 Å². The highest BCUT2D eigenvalue weighted by atomic mass is 35.5. The zero-order valence-corrected chi connectivity index (χ0v) is 16.0. The van der Waals surface area contributed by atoms with Gasteiger partial charge in [0.05, 0.1) is 0 Å². The van der Waals surface area contributed by atoms with Gasteiger partial charge < -0.3 is 5.11 Å². The number of hydrogen-bond donors (Lipinski definition) is 1. The second-order valence-electron chi connectivity index (χ2n) is 7.08. The standard InChI is InChI=1S/C22H21Cl2NO/c23-17-10-6-15(7-11-17)20-14-22(26,16-8-12-18(24)13-9-16)25-21-5-3-1-2-4-19(20)21/h6-13,26H,1-5,14H2/t22-/m0/s1. The molecule has 1 N–H and O–H groups in total. The SMILES string of the molecule is O[C@]1(c2ccc(Cl)cc2)CC(c2ccc(Cl)cc2)=C2CCCCCC2=N1. The first-order valence-corrected chi connectivity index (χ1v) is 9.86. The predicted octanol–water partition coefficient (Wildman–Crippen LogP) is 6.40. The average molecular weight is 386 g/mol. The van der Waals surface area contributed by atoms with E-state index in [1.807, 2.05) is 48.5 Å². The summed E-state index contributed by atoms with van der Waals surface area (Å²) >= 11 is 12.1. The van der Waals surface area contributed by atoms with Crippen LogP contribution in [0.15, 0.2) is 59.1 Å². The van der Waals surface area contributed by atoms with E-state index in [1.165, 1.54) is 24.0 Å². The molecule has 1 heterocycles. The number of aliphatic imine (C=N–C) groups is 1. The van der Waals surface area contributed by atoms with Crippen molar-refractivity contribution in [3.8, 4) is 0 Å². The smallest absolute Gasteiger partial charge is 0.186 e. The Morgan fingerprint density at radius 1 is 0.769 bits per heavy atom. The van der Waals surface area contributed by atoms with Crippen molar-refractivity contribution in [1.29, 1.82) is 0 Å². The Morgan fingerprint density at radius 2 is 1.38 bits per heavy atom. The lowest BCUT2D eigenvalue weighted by atomic mass is 9.83. The first-order chi connectivity index (χ1) is 12.5. The lowest BCUT2D eigenvalue weighted by Gasteiger charge is -2.33. The summed E-state index contributed by atoms with van der Waals surface area (Å²) in [7, 11) is 0. The Hall–Kier alpha value is -1.61. The predicted molar refractivity (Wildman–Crippen MR) is 109 cm³/mol. The molecule has 0 aromatic heterocycles. The van der Waals surface area contributed by atoms with Crippen LogP contribution in [0.1, 0.15) is 49.7 Å². The fraction of sp³-hybridized carbons (Fsp3) is 0.318. The third kappa shape index (κ3) is 3.46. The zero-order valence-electron chi connectivity index (χ0n) is 14.5. The molecule has 1 saturated carbocycles. The highest BCUT2D eigenvalue weighted by Gasteiger charge is 2.36. The Kier molecular flexibility index (Phi) is 4.92. The number of allylic oxidation sites excluding steroid dienone is 1. The largest absolute Gasteiger partial charge is 0.365 e. The lowest BCUT2D eigenvalue weighted by Crippen LogP contribution is -2.30. The van der Waals surface area contributed by atoms with Gasteiger partial charge in [-0.25, -0.2) is 0 Å². The van der Waals surface area contributed by atoms with Crippen molar-refractivity contribution in [3.05, 3.63) is 75.3 Å². The van der Waals surface area contributed by atoms with Crippen molar-refractivity contribution in [2.75, 3.05) is 0 Å². The van der Waals surface area contributed by atoms with Crippen LogP contribution in [0.4, 0.5) is 0 Å². The highest BCUT2D eigenvalue weighted by Crippen LogP contribution is 2.43. The summed E-state index contributed by atoms with van der Waals surface area (Å²) in [6.45, 7) is 0. The van der Waals surface area contributed by atoms with E-state index in [0.29, 0.717) is 11.4 Å². The maximum Gasteiger partial charge on any atom is 0.186 e. The van der Waals surface area contributed by atoms with Gasteiger partial charge in [0.2, 0.25) is 0 Å². The monoisotopic (exact) mass is 385 g/mol. The normalized spacial score (nSPS) is 23.3. The molecule has 4 rings (SSSR count). The molecule has 0 unspecified atom stereocenters. The number of halogens is 2. The molecule has 1 atom stereocenters. The Labute approximate surface area is 164 Å². The Balaban J connectivity index is 1.83. The molecule has 1 aliphatic carbocycles. The van der Waals surface area contributed by atoms with E-state index in [9.17, 15) is 5.11 Å². The van der Waals surface area contributed by atoms with E-state index >= 15 is 0 Å². The summed E-state index contributed by atoms with van der Waals surface area (Å²) in [6.07, 6.45) is 5.90. The zero-order chi connectivity index (χ0) is 18.1. The van der Waals surface area contributed by atoms with Crippen LogP contribution in [-0.2, 0) is 5.72 Å². The van der Waals surface area contributed by atoms with Gasteiger partial charge in [0, 0.05) is 27.7 Å². The number of benzene rings is 2. The maximum absolute atomic E-state index is 11.5. The molecular formula is C22H21Cl2NO. The van der Waals surface area contributed by atoms with Crippen LogP contribution in [0.3, 0.4) is 0 Å². The molecule has 0 amide bonds. The van der Waals surface area contributed by atoms with Gasteiger partial charge in [-0.1, -0.05) is 53.9 Å². The summed E-state index contributed by atoms with van der Waals surface area (Å²) in [5.74, 6) is 0. The van der Waals surface area contributed by atoms with Crippen molar-refractivity contribution in [3.63, 3.8) is 0 Å². The molecule has 2 aliphatic rings. The second-order valence-corrected chi connectivity index (χ2v) is 7.96. The van der Waals surface area contributed by atoms with E-state index in [2.05, 4.69) is 0 Å². The van der Waals surface area contributed by atoms with Crippen LogP contribution >= 0.6 is 23.2 Å². The van der Waals surface area contributed by atoms with Crippen LogP contribution in [-0.4, -0.2) is 10.8 Å². The van der Waals surface area contributed by atoms with Crippen molar-refractivity contribution >= 4 is 34.5 Å². The minimum absolute atomic E-state index is 0.467. The summed E-state index contributed by atoms with van der Waals surface area (Å²) in [4.78, 5) is 4.83. The number of nitrogens with zero attached hydrogens (tertiary/aromatic N) is 1. The van der Waals surface area contributed by atoms with Crippen molar-refractivity contribution < 1.29 is 5.11 Å². The summed E-state index contributed by atoms with van der Waals surface area (Å²) in [5, 5.41) is 12.8. The minimum Gasteiger partial charge on any atom is -0.365 e. The number of rotatable bonds is 2. The number of aliphatic hydroxyl groups is 1. The molecule has 1 fully saturated rings. The molecule has 0 spiro atoms. The van der Waals surface area contributed by atoms with Crippen molar-refractivity contribution in [1.82, 2.24) is 0 Å². The van der Waals surface area contributed by atoms with E-state index in [4.69, 9.17) is 28.2 Å². The second kappa shape index (κ2) is 7.19. The van der Waals surface area contributed by atoms with Gasteiger partial charge in [0.1, 0.15) is 0 Å². The quantitative estimate of drug-likeness (QED) is 0.636. The summed E-state index contributed by atoms with van der Waals surface area (Å²) in [5.41, 5.74) is 4.20. The molecule has 0 bridgehead atoms. The van der Waals surface area contributed by atoms with E-state index in [1.54, 1.807) is 0 Å². The first-order valence-electron chi connectivity index (χ1n) is 9.11. The first kappa shape index (κ1) is 17.8. The van der Waals surface area contributed by atoms with Crippen molar-refractivity contribution in [2.45, 2.75) is 44.2 Å². The molecule has 4 heteroatoms. The number of hydrogen-bond acceptors (Lipinski definition) is 2. The fourth-order valence-electron chi connectivity index (χ4n) is 3.94. The van der Waals surface area contributed by atoms with E-state index in [0.717, 1.165) is 41.1 Å². The molecule has 0 radical (unpaired) electrons. The van der Waals surface area contributed by atoms with Crippen LogP contribution in [0, 0.1) is 0 Å². The van der Waals surface area contributed by atoms with Crippen LogP contribution < -0.4 is 0 Å². The molecular weight excluding hydrogens is 365 g/mol. The third-order valence-corrected chi connectivity index (χ3v) is 5.80. The molecule has 2 nitrogen and oxygen atoms in total. The van der Waals surface area contributed by atoms with Crippen LogP contribution in [0.5, 0.6) is 0 Å². The molecule has 134 valence electrons. The van der Waals surface area contributed by atoms with Gasteiger partial charge in [-0.05, 0) is 66.7 Å². The third-order valence-electron chi connectivity index (χ3n) is 5.30. The lowest BCUT2D eigenvalue weighted by molar-refractivity contribution is 0.0505. The Bertz CT molecular complexity index is 868. The van der Waals surface area contributed by atoms with Gasteiger partial charge in [0.25, 0.3) is 0 Å². The van der Waals surface area contributed by atoms with E-state index < -0.39 is 5.72 Å². The molecule has 1 aliphatic heterocycles. The number of dihydropyridines is 1.